The highest BCUT2D eigenvalue weighted by Crippen LogP contribution is 2.47. The minimum absolute atomic E-state index is 0.0606. The Balaban J connectivity index is 1.49. The number of nitrogens with zero attached hydrogens (tertiary/aromatic N) is 2. The number of cyclic esters (lactones) is 1. The van der Waals surface area contributed by atoms with Crippen LogP contribution in [0.5, 0.6) is 5.75 Å². The minimum atomic E-state index is -5.02. The number of amides is 1. The molecule has 12 heteroatoms. The van der Waals surface area contributed by atoms with Crippen LogP contribution in [0.3, 0.4) is 0 Å². The van der Waals surface area contributed by atoms with Crippen LogP contribution in [0.2, 0.25) is 0 Å². The molecule has 5 rings (SSSR count). The van der Waals surface area contributed by atoms with Crippen LogP contribution >= 0.6 is 0 Å². The van der Waals surface area contributed by atoms with E-state index in [1.165, 1.54) is 4.90 Å². The number of hydrogen-bond donors (Lipinski definition) is 0. The third-order valence-electron chi connectivity index (χ3n) is 9.07. The molecule has 246 valence electrons. The third kappa shape index (κ3) is 7.26. The molecule has 0 spiro atoms. The Kier molecular flexibility index (Phi) is 8.93. The third-order valence-corrected chi connectivity index (χ3v) is 9.07. The second-order valence-corrected chi connectivity index (χ2v) is 13.1. The van der Waals surface area contributed by atoms with Crippen LogP contribution in [0.4, 0.5) is 35.5 Å². The predicted octanol–water partition coefficient (Wildman–Crippen LogP) is 8.82. The normalized spacial score (nSPS) is 24.4. The second-order valence-electron chi connectivity index (χ2n) is 13.1. The van der Waals surface area contributed by atoms with Crippen molar-refractivity contribution < 1.29 is 45.0 Å². The van der Waals surface area contributed by atoms with E-state index in [-0.39, 0.29) is 23.6 Å². The van der Waals surface area contributed by atoms with Gasteiger partial charge in [-0.2, -0.15) is 26.3 Å². The Morgan fingerprint density at radius 3 is 2.24 bits per heavy atom. The molecule has 5 nitrogen and oxygen atoms in total. The van der Waals surface area contributed by atoms with Gasteiger partial charge in [-0.25, -0.2) is 9.18 Å². The van der Waals surface area contributed by atoms with E-state index < -0.39 is 47.9 Å². The average Bonchev–Trinajstić information content (AvgIpc) is 3.48. The van der Waals surface area contributed by atoms with Gasteiger partial charge >= 0.3 is 18.4 Å². The molecule has 0 N–H and O–H groups in total. The van der Waals surface area contributed by atoms with E-state index in [4.69, 9.17) is 9.47 Å². The summed E-state index contributed by atoms with van der Waals surface area (Å²) in [6, 6.07) is 6.27. The van der Waals surface area contributed by atoms with Crippen molar-refractivity contribution in [2.75, 3.05) is 26.7 Å². The van der Waals surface area contributed by atoms with Crippen molar-refractivity contribution in [1.29, 1.82) is 0 Å². The van der Waals surface area contributed by atoms with Gasteiger partial charge in [0.15, 0.2) is 0 Å². The number of methoxy groups -OCH3 is 1. The fourth-order valence-electron chi connectivity index (χ4n) is 6.67. The number of likely N-dealkylation sites (tertiary alicyclic amines) is 1. The fourth-order valence-corrected chi connectivity index (χ4v) is 6.67. The number of halogens is 7. The van der Waals surface area contributed by atoms with Gasteiger partial charge in [0.25, 0.3) is 0 Å². The van der Waals surface area contributed by atoms with Gasteiger partial charge < -0.3 is 9.47 Å². The summed E-state index contributed by atoms with van der Waals surface area (Å²) in [5.41, 5.74) is 0.300. The molecule has 2 aromatic rings. The Hall–Kier alpha value is -3.28. The van der Waals surface area contributed by atoms with Crippen LogP contribution in [0, 0.1) is 5.41 Å². The molecule has 3 aliphatic rings. The zero-order chi connectivity index (χ0) is 32.9. The summed E-state index contributed by atoms with van der Waals surface area (Å²) in [4.78, 5) is 16.6. The molecule has 0 bridgehead atoms. The maximum absolute atomic E-state index is 13.8. The lowest BCUT2D eigenvalue weighted by molar-refractivity contribution is -0.143. The SMILES string of the molecule is COc1ccc(CN2CCC(F)C2)cc1C1=C(CN2C(=O)O[C@H](c3cc(C(F)(F)F)cc(C(F)(F)F)c3)[C@@H]2C)CC(C)(C)CC1. The summed E-state index contributed by atoms with van der Waals surface area (Å²) in [6.07, 6.45) is -10.4. The number of hydrogen-bond acceptors (Lipinski definition) is 4. The molecule has 0 aromatic heterocycles. The lowest BCUT2D eigenvalue weighted by Gasteiger charge is -2.36. The van der Waals surface area contributed by atoms with Crippen LogP contribution < -0.4 is 4.74 Å². The van der Waals surface area contributed by atoms with Gasteiger partial charge in [-0.3, -0.25) is 9.80 Å². The Labute approximate surface area is 258 Å². The largest absolute Gasteiger partial charge is 0.496 e. The molecular formula is C33H37F7N2O3. The van der Waals surface area contributed by atoms with Crippen molar-refractivity contribution in [2.24, 2.45) is 5.41 Å². The maximum atomic E-state index is 13.8. The number of benzene rings is 2. The molecule has 45 heavy (non-hydrogen) atoms. The molecular weight excluding hydrogens is 605 g/mol. The van der Waals surface area contributed by atoms with E-state index in [1.807, 2.05) is 18.2 Å². The summed E-state index contributed by atoms with van der Waals surface area (Å²) in [6.45, 7) is 7.46. The van der Waals surface area contributed by atoms with Crippen LogP contribution in [-0.4, -0.2) is 54.9 Å². The van der Waals surface area contributed by atoms with E-state index in [0.29, 0.717) is 56.8 Å². The first kappa shape index (κ1) is 33.1. The van der Waals surface area contributed by atoms with E-state index >= 15 is 0 Å². The summed E-state index contributed by atoms with van der Waals surface area (Å²) in [5, 5.41) is 0. The Morgan fingerprint density at radius 2 is 1.67 bits per heavy atom. The number of carbonyl (C=O) groups is 1. The van der Waals surface area contributed by atoms with E-state index in [0.717, 1.165) is 28.7 Å². The number of carbonyl (C=O) groups excluding carboxylic acids is 1. The average molecular weight is 643 g/mol. The van der Waals surface area contributed by atoms with E-state index in [1.54, 1.807) is 14.0 Å². The monoisotopic (exact) mass is 642 g/mol. The highest BCUT2D eigenvalue weighted by molar-refractivity contribution is 5.77. The lowest BCUT2D eigenvalue weighted by Crippen LogP contribution is -2.35. The lowest BCUT2D eigenvalue weighted by atomic mass is 9.72. The summed E-state index contributed by atoms with van der Waals surface area (Å²) in [7, 11) is 1.56. The van der Waals surface area contributed by atoms with Gasteiger partial charge in [0.05, 0.1) is 24.3 Å². The summed E-state index contributed by atoms with van der Waals surface area (Å²) < 4.78 is 106. The van der Waals surface area contributed by atoms with Gasteiger partial charge in [-0.05, 0) is 90.6 Å². The van der Waals surface area contributed by atoms with E-state index in [2.05, 4.69) is 18.7 Å². The highest BCUT2D eigenvalue weighted by Gasteiger charge is 2.44. The van der Waals surface area contributed by atoms with Crippen molar-refractivity contribution in [3.8, 4) is 5.75 Å². The fraction of sp³-hybridized carbons (Fsp3) is 0.545. The molecule has 2 aliphatic heterocycles. The zero-order valence-corrected chi connectivity index (χ0v) is 25.6. The first-order valence-electron chi connectivity index (χ1n) is 15.0. The van der Waals surface area contributed by atoms with Crippen LogP contribution in [0.1, 0.15) is 80.4 Å². The van der Waals surface area contributed by atoms with Crippen molar-refractivity contribution in [2.45, 2.75) is 83.7 Å². The molecule has 0 saturated carbocycles. The van der Waals surface area contributed by atoms with Gasteiger partial charge in [-0.15, -0.1) is 0 Å². The van der Waals surface area contributed by atoms with Crippen LogP contribution in [-0.2, 0) is 23.6 Å². The quantitative estimate of drug-likeness (QED) is 0.283. The van der Waals surface area contributed by atoms with Gasteiger partial charge in [0, 0.05) is 31.7 Å². The Bertz CT molecular complexity index is 1430. The van der Waals surface area contributed by atoms with Gasteiger partial charge in [0.2, 0.25) is 0 Å². The van der Waals surface area contributed by atoms with Crippen molar-refractivity contribution >= 4 is 11.7 Å². The standard InChI is InChI=1S/C33H37F7N2O3/c1-19-29(21-12-23(32(35,36)37)14-24(13-21)33(38,39)40)45-30(43)42(19)17-22-15-31(2,3)9-7-26(22)27-11-20(5-6-28(27)44-4)16-41-10-8-25(34)18-41/h5-6,11-14,19,25,29H,7-10,15-18H2,1-4H3/t19-,25?,29-/m0/s1. The van der Waals surface area contributed by atoms with Gasteiger partial charge in [-0.1, -0.05) is 19.9 Å². The molecule has 2 heterocycles. The number of allylic oxidation sites excluding steroid dienone is 1. The topological polar surface area (TPSA) is 42.0 Å². The molecule has 0 radical (unpaired) electrons. The predicted molar refractivity (Wildman–Crippen MR) is 154 cm³/mol. The van der Waals surface area contributed by atoms with E-state index in [9.17, 15) is 35.5 Å². The Morgan fingerprint density at radius 1 is 1.00 bits per heavy atom. The number of alkyl halides is 7. The van der Waals surface area contributed by atoms with Crippen molar-refractivity contribution in [1.82, 2.24) is 9.80 Å². The highest BCUT2D eigenvalue weighted by atomic mass is 19.4. The van der Waals surface area contributed by atoms with Crippen molar-refractivity contribution in [3.05, 3.63) is 69.8 Å². The smallest absolute Gasteiger partial charge is 0.416 e. The summed E-state index contributed by atoms with van der Waals surface area (Å²) in [5.74, 6) is 0.634. The van der Waals surface area contributed by atoms with Crippen LogP contribution in [0.15, 0.2) is 42.0 Å². The molecule has 3 atom stereocenters. The molecule has 1 amide bonds. The first-order valence-corrected chi connectivity index (χ1v) is 15.0. The number of ether oxygens (including phenoxy) is 2. The first-order chi connectivity index (χ1) is 20.9. The maximum Gasteiger partial charge on any atom is 0.416 e. The van der Waals surface area contributed by atoms with Crippen molar-refractivity contribution in [3.63, 3.8) is 0 Å². The van der Waals surface area contributed by atoms with Crippen LogP contribution in [0.25, 0.3) is 5.57 Å². The summed E-state index contributed by atoms with van der Waals surface area (Å²) >= 11 is 0. The molecule has 2 aromatic carbocycles. The molecule has 2 fully saturated rings. The number of rotatable bonds is 7. The second kappa shape index (κ2) is 12.1. The molecule has 1 aliphatic carbocycles. The molecule has 2 saturated heterocycles. The molecule has 1 unspecified atom stereocenters. The zero-order valence-electron chi connectivity index (χ0n) is 25.6. The van der Waals surface area contributed by atoms with Gasteiger partial charge in [0.1, 0.15) is 18.0 Å². The minimum Gasteiger partial charge on any atom is -0.496 e.